The lowest BCUT2D eigenvalue weighted by atomic mass is 10.1. The summed E-state index contributed by atoms with van der Waals surface area (Å²) < 4.78 is 0. The van der Waals surface area contributed by atoms with Crippen LogP contribution < -0.4 is 21.5 Å². The first kappa shape index (κ1) is 26.8. The summed E-state index contributed by atoms with van der Waals surface area (Å²) in [6, 6.07) is 10.8. The number of rotatable bonds is 12. The van der Waals surface area contributed by atoms with Crippen LogP contribution in [0.1, 0.15) is 71.9 Å². The second-order valence-corrected chi connectivity index (χ2v) is 8.96. The van der Waals surface area contributed by atoms with E-state index in [1.807, 2.05) is 31.2 Å². The summed E-state index contributed by atoms with van der Waals surface area (Å²) >= 11 is 1.08. The van der Waals surface area contributed by atoms with Gasteiger partial charge in [0.1, 0.15) is 0 Å². The number of nitrogens with one attached hydrogen (secondary N) is 5. The molecule has 3 amide bonds. The van der Waals surface area contributed by atoms with Crippen LogP contribution in [0.2, 0.25) is 0 Å². The minimum absolute atomic E-state index is 0.0577. The zero-order valence-corrected chi connectivity index (χ0v) is 20.9. The Bertz CT molecular complexity index is 1060. The number of anilines is 1. The highest BCUT2D eigenvalue weighted by atomic mass is 32.1. The quantitative estimate of drug-likeness (QED) is 0.174. The second kappa shape index (κ2) is 13.3. The molecule has 0 atom stereocenters. The molecule has 34 heavy (non-hydrogen) atoms. The number of hydrogen-bond donors (Lipinski definition) is 5. The van der Waals surface area contributed by atoms with E-state index in [4.69, 9.17) is 5.41 Å². The molecule has 9 heteroatoms. The number of aryl methyl sites for hydroxylation is 1. The molecule has 1 aromatic heterocycles. The number of hydrazine groups is 1. The molecular weight excluding hydrogens is 450 g/mol. The van der Waals surface area contributed by atoms with Crippen molar-refractivity contribution in [1.29, 1.82) is 5.41 Å². The van der Waals surface area contributed by atoms with E-state index in [9.17, 15) is 14.4 Å². The SMILES string of the molecule is CCCCc1ccc(NC(=O)/C(C(C)=N)=C(/C)NNC(=O)c2ccc(C(=O)NCCC)s2)cc1. The lowest BCUT2D eigenvalue weighted by Crippen LogP contribution is -2.37. The van der Waals surface area contributed by atoms with E-state index in [1.165, 1.54) is 12.5 Å². The first-order chi connectivity index (χ1) is 16.3. The third-order valence-corrected chi connectivity index (χ3v) is 6.04. The van der Waals surface area contributed by atoms with Gasteiger partial charge in [0.2, 0.25) is 0 Å². The van der Waals surface area contributed by atoms with E-state index in [2.05, 4.69) is 28.4 Å². The third-order valence-electron chi connectivity index (χ3n) is 4.96. The molecule has 0 aliphatic carbocycles. The molecule has 8 nitrogen and oxygen atoms in total. The number of benzene rings is 1. The van der Waals surface area contributed by atoms with Crippen molar-refractivity contribution in [3.8, 4) is 0 Å². The molecule has 2 aromatic rings. The molecular formula is C25H33N5O3S. The van der Waals surface area contributed by atoms with Gasteiger partial charge in [-0.1, -0.05) is 32.4 Å². The number of allylic oxidation sites excluding steroid dienone is 1. The smallest absolute Gasteiger partial charge is 0.279 e. The maximum absolute atomic E-state index is 12.8. The van der Waals surface area contributed by atoms with Crippen molar-refractivity contribution >= 4 is 40.5 Å². The molecule has 182 valence electrons. The van der Waals surface area contributed by atoms with Crippen LogP contribution in [0.25, 0.3) is 0 Å². The van der Waals surface area contributed by atoms with Crippen molar-refractivity contribution in [2.24, 2.45) is 0 Å². The van der Waals surface area contributed by atoms with Crippen molar-refractivity contribution in [1.82, 2.24) is 16.2 Å². The number of carbonyl (C=O) groups is 3. The predicted molar refractivity (Wildman–Crippen MR) is 137 cm³/mol. The highest BCUT2D eigenvalue weighted by Crippen LogP contribution is 2.17. The van der Waals surface area contributed by atoms with E-state index < -0.39 is 11.8 Å². The van der Waals surface area contributed by atoms with Crippen LogP contribution in [0.5, 0.6) is 0 Å². The number of thiophene rings is 1. The summed E-state index contributed by atoms with van der Waals surface area (Å²) in [5.74, 6) is -1.10. The average molecular weight is 484 g/mol. The van der Waals surface area contributed by atoms with Crippen LogP contribution in [0.4, 0.5) is 5.69 Å². The lowest BCUT2D eigenvalue weighted by molar-refractivity contribution is -0.112. The molecule has 0 fully saturated rings. The highest BCUT2D eigenvalue weighted by Gasteiger charge is 2.18. The molecule has 0 spiro atoms. The number of amides is 3. The Morgan fingerprint density at radius 1 is 0.882 bits per heavy atom. The summed E-state index contributed by atoms with van der Waals surface area (Å²) in [6.07, 6.45) is 4.05. The van der Waals surface area contributed by atoms with Gasteiger partial charge < -0.3 is 21.5 Å². The molecule has 5 N–H and O–H groups in total. The molecule has 2 rings (SSSR count). The minimum Gasteiger partial charge on any atom is -0.351 e. The van der Waals surface area contributed by atoms with Crippen molar-refractivity contribution in [2.45, 2.75) is 53.4 Å². The van der Waals surface area contributed by atoms with Gasteiger partial charge in [0, 0.05) is 23.6 Å². The molecule has 1 aromatic carbocycles. The standard InChI is InChI=1S/C25H33N5O3S/c1-5-7-8-18-9-11-19(12-10-18)28-25(33)22(16(3)26)17(4)29-30-24(32)21-14-13-20(34-21)23(31)27-15-6-2/h9-14,26,29H,5-8,15H2,1-4H3,(H,27,31)(H,28,33)(H,30,32)/b22-17-,26-16?. The molecule has 0 saturated carbocycles. The van der Waals surface area contributed by atoms with Crippen LogP contribution in [0, 0.1) is 5.41 Å². The van der Waals surface area contributed by atoms with Gasteiger partial charge in [-0.15, -0.1) is 11.3 Å². The Morgan fingerprint density at radius 2 is 1.53 bits per heavy atom. The fourth-order valence-corrected chi connectivity index (χ4v) is 3.95. The van der Waals surface area contributed by atoms with Crippen molar-refractivity contribution in [3.05, 3.63) is 63.0 Å². The van der Waals surface area contributed by atoms with Gasteiger partial charge in [-0.05, 0) is 62.9 Å². The Hall–Kier alpha value is -3.46. The summed E-state index contributed by atoms with van der Waals surface area (Å²) in [7, 11) is 0. The fourth-order valence-electron chi connectivity index (χ4n) is 3.13. The summed E-state index contributed by atoms with van der Waals surface area (Å²) in [4.78, 5) is 38.1. The normalized spacial score (nSPS) is 11.3. The molecule has 1 heterocycles. The lowest BCUT2D eigenvalue weighted by Gasteiger charge is -2.14. The third kappa shape index (κ3) is 7.84. The maximum Gasteiger partial charge on any atom is 0.279 e. The average Bonchev–Trinajstić information content (AvgIpc) is 3.31. The molecule has 0 radical (unpaired) electrons. The Kier molecular flexibility index (Phi) is 10.5. The minimum atomic E-state index is -0.445. The van der Waals surface area contributed by atoms with Gasteiger partial charge in [0.15, 0.2) is 0 Å². The van der Waals surface area contributed by atoms with E-state index >= 15 is 0 Å². The summed E-state index contributed by atoms with van der Waals surface area (Å²) in [5, 5.41) is 13.6. The van der Waals surface area contributed by atoms with E-state index in [-0.39, 0.29) is 17.2 Å². The summed E-state index contributed by atoms with van der Waals surface area (Å²) in [6.45, 7) is 7.80. The van der Waals surface area contributed by atoms with Gasteiger partial charge >= 0.3 is 0 Å². The Balaban J connectivity index is 2.02. The highest BCUT2D eigenvalue weighted by molar-refractivity contribution is 7.15. The number of carbonyl (C=O) groups excluding carboxylic acids is 3. The van der Waals surface area contributed by atoms with Crippen molar-refractivity contribution < 1.29 is 14.4 Å². The van der Waals surface area contributed by atoms with Crippen LogP contribution in [-0.4, -0.2) is 30.0 Å². The van der Waals surface area contributed by atoms with Crippen LogP contribution in [0.15, 0.2) is 47.7 Å². The molecule has 0 saturated heterocycles. The van der Waals surface area contributed by atoms with Gasteiger partial charge in [0.05, 0.1) is 15.3 Å². The second-order valence-electron chi connectivity index (χ2n) is 7.88. The summed E-state index contributed by atoms with van der Waals surface area (Å²) in [5.41, 5.74) is 7.60. The Morgan fingerprint density at radius 3 is 2.12 bits per heavy atom. The predicted octanol–water partition coefficient (Wildman–Crippen LogP) is 4.42. The zero-order chi connectivity index (χ0) is 25.1. The molecule has 0 bridgehead atoms. The fraction of sp³-hybridized carbons (Fsp3) is 0.360. The zero-order valence-electron chi connectivity index (χ0n) is 20.1. The largest absolute Gasteiger partial charge is 0.351 e. The topological polar surface area (TPSA) is 123 Å². The van der Waals surface area contributed by atoms with Gasteiger partial charge in [0.25, 0.3) is 17.7 Å². The molecule has 0 aliphatic heterocycles. The molecule has 0 unspecified atom stereocenters. The monoisotopic (exact) mass is 483 g/mol. The first-order valence-corrected chi connectivity index (χ1v) is 12.2. The number of unbranched alkanes of at least 4 members (excludes halogenated alkanes) is 1. The first-order valence-electron chi connectivity index (χ1n) is 11.4. The van der Waals surface area contributed by atoms with Gasteiger partial charge in [-0.3, -0.25) is 19.8 Å². The van der Waals surface area contributed by atoms with E-state index in [0.717, 1.165) is 37.0 Å². The maximum atomic E-state index is 12.8. The van der Waals surface area contributed by atoms with E-state index in [0.29, 0.717) is 27.7 Å². The number of hydrogen-bond acceptors (Lipinski definition) is 6. The van der Waals surface area contributed by atoms with Crippen LogP contribution in [0.3, 0.4) is 0 Å². The van der Waals surface area contributed by atoms with Gasteiger partial charge in [-0.2, -0.15) is 0 Å². The van der Waals surface area contributed by atoms with Crippen LogP contribution in [-0.2, 0) is 11.2 Å². The van der Waals surface area contributed by atoms with Crippen molar-refractivity contribution in [3.63, 3.8) is 0 Å². The molecule has 0 aliphatic rings. The van der Waals surface area contributed by atoms with Crippen molar-refractivity contribution in [2.75, 3.05) is 11.9 Å². The van der Waals surface area contributed by atoms with Gasteiger partial charge in [-0.25, -0.2) is 0 Å². The van der Waals surface area contributed by atoms with E-state index in [1.54, 1.807) is 19.1 Å². The Labute approximate surface area is 204 Å². The van der Waals surface area contributed by atoms with Crippen LogP contribution >= 0.6 is 11.3 Å².